The summed E-state index contributed by atoms with van der Waals surface area (Å²) >= 11 is 0. The van der Waals surface area contributed by atoms with E-state index >= 15 is 0 Å². The molecule has 1 rings (SSSR count). The zero-order valence-electron chi connectivity index (χ0n) is 13.3. The normalized spacial score (nSPS) is 11.4. The first kappa shape index (κ1) is 19.3. The fourth-order valence-electron chi connectivity index (χ4n) is 1.65. The van der Waals surface area contributed by atoms with Gasteiger partial charge in [-0.2, -0.15) is 4.68 Å². The highest BCUT2D eigenvalue weighted by atomic mass is 32.2. The molecular weight excluding hydrogens is 324 g/mol. The standard InChI is InChI=1S/C13H22N4O5S/c1-4-6-16(7-8-21-3)13(18)17-11-14-12(15-17)23(19,20)10-9-22-5-2/h4,11H,1,5-10H2,2-3H3. The molecule has 1 aromatic heterocycles. The number of amides is 1. The van der Waals surface area contributed by atoms with Gasteiger partial charge in [0, 0.05) is 26.8 Å². The molecule has 0 unspecified atom stereocenters. The maximum absolute atomic E-state index is 12.3. The van der Waals surface area contributed by atoms with Crippen LogP contribution in [-0.4, -0.2) is 79.9 Å². The third kappa shape index (κ3) is 5.73. The van der Waals surface area contributed by atoms with Crippen molar-refractivity contribution in [2.24, 2.45) is 0 Å². The van der Waals surface area contributed by atoms with Crippen molar-refractivity contribution in [3.63, 3.8) is 0 Å². The Labute approximate surface area is 135 Å². The van der Waals surface area contributed by atoms with Crippen molar-refractivity contribution < 1.29 is 22.7 Å². The third-order valence-corrected chi connectivity index (χ3v) is 4.28. The van der Waals surface area contributed by atoms with Crippen LogP contribution in [0.25, 0.3) is 0 Å². The average molecular weight is 346 g/mol. The van der Waals surface area contributed by atoms with Crippen molar-refractivity contribution in [3.05, 3.63) is 19.0 Å². The Balaban J connectivity index is 2.84. The van der Waals surface area contributed by atoms with Crippen molar-refractivity contribution in [2.45, 2.75) is 12.1 Å². The third-order valence-electron chi connectivity index (χ3n) is 2.83. The minimum atomic E-state index is -3.68. The van der Waals surface area contributed by atoms with Crippen LogP contribution in [0, 0.1) is 0 Å². The minimum Gasteiger partial charge on any atom is -0.383 e. The van der Waals surface area contributed by atoms with Gasteiger partial charge in [0.2, 0.25) is 9.84 Å². The molecule has 0 fully saturated rings. The maximum atomic E-state index is 12.3. The van der Waals surface area contributed by atoms with E-state index in [1.54, 1.807) is 13.0 Å². The smallest absolute Gasteiger partial charge is 0.346 e. The van der Waals surface area contributed by atoms with Gasteiger partial charge < -0.3 is 14.4 Å². The monoisotopic (exact) mass is 346 g/mol. The molecule has 0 aromatic carbocycles. The summed E-state index contributed by atoms with van der Waals surface area (Å²) in [7, 11) is -2.16. The van der Waals surface area contributed by atoms with Crippen LogP contribution in [0.1, 0.15) is 6.92 Å². The molecule has 0 saturated heterocycles. The van der Waals surface area contributed by atoms with Gasteiger partial charge in [-0.15, -0.1) is 11.7 Å². The largest absolute Gasteiger partial charge is 0.383 e. The summed E-state index contributed by atoms with van der Waals surface area (Å²) in [4.78, 5) is 17.4. The van der Waals surface area contributed by atoms with E-state index in [4.69, 9.17) is 9.47 Å². The lowest BCUT2D eigenvalue weighted by Gasteiger charge is -2.19. The van der Waals surface area contributed by atoms with Crippen molar-refractivity contribution in [1.82, 2.24) is 19.7 Å². The van der Waals surface area contributed by atoms with E-state index in [1.807, 2.05) is 0 Å². The molecule has 0 spiro atoms. The fourth-order valence-corrected chi connectivity index (χ4v) is 2.59. The second-order valence-electron chi connectivity index (χ2n) is 4.50. The van der Waals surface area contributed by atoms with Gasteiger partial charge in [0.15, 0.2) is 0 Å². The Morgan fingerprint density at radius 1 is 1.48 bits per heavy atom. The van der Waals surface area contributed by atoms with Gasteiger partial charge >= 0.3 is 6.03 Å². The number of nitrogens with zero attached hydrogens (tertiary/aromatic N) is 4. The lowest BCUT2D eigenvalue weighted by Crippen LogP contribution is -2.37. The van der Waals surface area contributed by atoms with E-state index in [0.717, 1.165) is 11.0 Å². The zero-order chi connectivity index (χ0) is 17.3. The highest BCUT2D eigenvalue weighted by Crippen LogP contribution is 2.05. The molecule has 23 heavy (non-hydrogen) atoms. The van der Waals surface area contributed by atoms with Crippen LogP contribution in [0.2, 0.25) is 0 Å². The van der Waals surface area contributed by atoms with E-state index in [0.29, 0.717) is 19.8 Å². The van der Waals surface area contributed by atoms with Crippen LogP contribution < -0.4 is 0 Å². The van der Waals surface area contributed by atoms with Gasteiger partial charge in [-0.05, 0) is 6.92 Å². The summed E-state index contributed by atoms with van der Waals surface area (Å²) in [5, 5.41) is 3.37. The van der Waals surface area contributed by atoms with Gasteiger partial charge in [0.25, 0.3) is 5.16 Å². The van der Waals surface area contributed by atoms with Crippen LogP contribution in [0.5, 0.6) is 0 Å². The van der Waals surface area contributed by atoms with Gasteiger partial charge in [-0.25, -0.2) is 18.2 Å². The second kappa shape index (κ2) is 9.38. The molecule has 9 nitrogen and oxygen atoms in total. The maximum Gasteiger partial charge on any atom is 0.346 e. The molecule has 0 bridgehead atoms. The summed E-state index contributed by atoms with van der Waals surface area (Å²) < 4.78 is 34.9. The molecule has 0 aliphatic rings. The second-order valence-corrected chi connectivity index (χ2v) is 6.50. The lowest BCUT2D eigenvalue weighted by molar-refractivity contribution is 0.153. The molecule has 0 aliphatic carbocycles. The summed E-state index contributed by atoms with van der Waals surface area (Å²) in [6.45, 7) is 6.78. The number of ether oxygens (including phenoxy) is 2. The molecule has 1 heterocycles. The van der Waals surface area contributed by atoms with E-state index < -0.39 is 21.0 Å². The van der Waals surface area contributed by atoms with E-state index in [1.165, 1.54) is 12.0 Å². The van der Waals surface area contributed by atoms with E-state index in [2.05, 4.69) is 16.7 Å². The predicted molar refractivity (Wildman–Crippen MR) is 83.0 cm³/mol. The molecule has 10 heteroatoms. The SMILES string of the molecule is C=CCN(CCOC)C(=O)n1cnc(S(=O)(=O)CCOCC)n1. The first-order valence-corrected chi connectivity index (χ1v) is 8.72. The van der Waals surface area contributed by atoms with Crippen molar-refractivity contribution >= 4 is 15.9 Å². The highest BCUT2D eigenvalue weighted by molar-refractivity contribution is 7.91. The van der Waals surface area contributed by atoms with Gasteiger partial charge in [-0.3, -0.25) is 0 Å². The van der Waals surface area contributed by atoms with Crippen LogP contribution >= 0.6 is 0 Å². The summed E-state index contributed by atoms with van der Waals surface area (Å²) in [6.07, 6.45) is 2.64. The Hall–Kier alpha value is -1.78. The number of aromatic nitrogens is 3. The molecule has 0 atom stereocenters. The molecule has 0 saturated carbocycles. The summed E-state index contributed by atoms with van der Waals surface area (Å²) in [5.74, 6) is -0.237. The Morgan fingerprint density at radius 2 is 2.22 bits per heavy atom. The van der Waals surface area contributed by atoms with E-state index in [-0.39, 0.29) is 18.9 Å². The highest BCUT2D eigenvalue weighted by Gasteiger charge is 2.23. The van der Waals surface area contributed by atoms with Crippen molar-refractivity contribution in [2.75, 3.05) is 45.8 Å². The van der Waals surface area contributed by atoms with Gasteiger partial charge in [0.1, 0.15) is 6.33 Å². The zero-order valence-corrected chi connectivity index (χ0v) is 14.2. The number of carbonyl (C=O) groups excluding carboxylic acids is 1. The van der Waals surface area contributed by atoms with Gasteiger partial charge in [0.05, 0.1) is 19.0 Å². The number of rotatable bonds is 10. The fraction of sp³-hybridized carbons (Fsp3) is 0.615. The van der Waals surface area contributed by atoms with Gasteiger partial charge in [-0.1, -0.05) is 6.08 Å². The molecule has 0 aliphatic heterocycles. The number of carbonyl (C=O) groups is 1. The van der Waals surface area contributed by atoms with Crippen molar-refractivity contribution in [1.29, 1.82) is 0 Å². The number of hydrogen-bond acceptors (Lipinski definition) is 7. The molecule has 0 N–H and O–H groups in total. The Kier molecular flexibility index (Phi) is 7.86. The molecule has 0 radical (unpaired) electrons. The van der Waals surface area contributed by atoms with Crippen LogP contribution in [-0.2, 0) is 19.3 Å². The quantitative estimate of drug-likeness (QED) is 0.440. The van der Waals surface area contributed by atoms with Crippen LogP contribution in [0.3, 0.4) is 0 Å². The topological polar surface area (TPSA) is 104 Å². The summed E-state index contributed by atoms with van der Waals surface area (Å²) in [5.41, 5.74) is 0. The Bertz CT molecular complexity index is 614. The molecular formula is C13H22N4O5S. The predicted octanol–water partition coefficient (Wildman–Crippen LogP) is 0.191. The molecule has 1 aromatic rings. The summed E-state index contributed by atoms with van der Waals surface area (Å²) in [6, 6.07) is -0.499. The lowest BCUT2D eigenvalue weighted by atomic mass is 10.5. The molecule has 1 amide bonds. The number of methoxy groups -OCH3 is 1. The minimum absolute atomic E-state index is 0.0533. The van der Waals surface area contributed by atoms with E-state index in [9.17, 15) is 13.2 Å². The first-order valence-electron chi connectivity index (χ1n) is 7.07. The first-order chi connectivity index (χ1) is 11.0. The van der Waals surface area contributed by atoms with Crippen LogP contribution in [0.15, 0.2) is 24.1 Å². The number of hydrogen-bond donors (Lipinski definition) is 0. The Morgan fingerprint density at radius 3 is 2.83 bits per heavy atom. The molecule has 130 valence electrons. The average Bonchev–Trinajstić information content (AvgIpc) is 3.01. The number of sulfone groups is 1. The van der Waals surface area contributed by atoms with Crippen molar-refractivity contribution in [3.8, 4) is 0 Å². The van der Waals surface area contributed by atoms with Crippen LogP contribution in [0.4, 0.5) is 4.79 Å².